The van der Waals surface area contributed by atoms with Crippen molar-refractivity contribution in [3.05, 3.63) is 0 Å². The van der Waals surface area contributed by atoms with Crippen molar-refractivity contribution in [1.82, 2.24) is 10.6 Å². The lowest BCUT2D eigenvalue weighted by atomic mass is 9.20. The van der Waals surface area contributed by atoms with Gasteiger partial charge in [-0.1, -0.05) is 103 Å². The van der Waals surface area contributed by atoms with Gasteiger partial charge in [-0.3, -0.25) is 0 Å². The van der Waals surface area contributed by atoms with Gasteiger partial charge in [0.25, 0.3) is 0 Å². The number of rotatable bonds is 0. The molecule has 2 N–H and O–H groups in total. The fourth-order valence-electron chi connectivity index (χ4n) is 8.83. The Bertz CT molecular complexity index is 525. The van der Waals surface area contributed by atoms with Crippen LogP contribution in [0, 0.1) is 0 Å². The Morgan fingerprint density at radius 2 is 0.700 bits per heavy atom. The molecule has 0 spiro atoms. The van der Waals surface area contributed by atoms with Gasteiger partial charge in [0.15, 0.2) is 6.71 Å². The standard InChI is InChI=1S/C27H49BN2/c1-3-9-15-21-23(17-11-4-1)29-25-19-13-5-2-6-14-20-26-27(25)28(21)22-16-10-7-8-12-18-24(22)30-26/h21-27,29-30H,1-20H2. The van der Waals surface area contributed by atoms with E-state index in [1.54, 1.807) is 0 Å². The second-order valence-electron chi connectivity index (χ2n) is 11.9. The van der Waals surface area contributed by atoms with Crippen molar-refractivity contribution in [3.63, 3.8) is 0 Å². The molecule has 7 unspecified atom stereocenters. The fourth-order valence-corrected chi connectivity index (χ4v) is 8.83. The molecule has 2 nitrogen and oxygen atoms in total. The van der Waals surface area contributed by atoms with E-state index in [1.165, 1.54) is 128 Å². The maximum absolute atomic E-state index is 4.38. The molecule has 0 aromatic heterocycles. The Balaban J connectivity index is 1.48. The Morgan fingerprint density at radius 1 is 0.367 bits per heavy atom. The molecule has 3 aliphatic carbocycles. The minimum atomic E-state index is 0.805. The maximum atomic E-state index is 4.38. The molecule has 0 radical (unpaired) electrons. The van der Waals surface area contributed by atoms with Gasteiger partial charge in [-0.15, -0.1) is 0 Å². The monoisotopic (exact) mass is 412 g/mol. The Morgan fingerprint density at radius 3 is 1.13 bits per heavy atom. The van der Waals surface area contributed by atoms with E-state index in [9.17, 15) is 0 Å². The summed E-state index contributed by atoms with van der Waals surface area (Å²) in [6.07, 6.45) is 29.7. The molecule has 170 valence electrons. The number of hydrogen-bond donors (Lipinski definition) is 2. The Hall–Kier alpha value is -0.0151. The second kappa shape index (κ2) is 10.7. The molecule has 0 aromatic carbocycles. The van der Waals surface area contributed by atoms with Crippen LogP contribution in [0.1, 0.15) is 128 Å². The second-order valence-corrected chi connectivity index (χ2v) is 11.9. The van der Waals surface area contributed by atoms with Crippen molar-refractivity contribution in [2.45, 2.75) is 170 Å². The van der Waals surface area contributed by atoms with Crippen LogP contribution in [-0.2, 0) is 0 Å². The molecular formula is C27H49BN2. The molecule has 5 aliphatic rings. The highest BCUT2D eigenvalue weighted by molar-refractivity contribution is 6.65. The highest BCUT2D eigenvalue weighted by Gasteiger charge is 2.55. The van der Waals surface area contributed by atoms with Gasteiger partial charge in [-0.25, -0.2) is 0 Å². The lowest BCUT2D eigenvalue weighted by Crippen LogP contribution is -2.68. The van der Waals surface area contributed by atoms with Gasteiger partial charge in [0.1, 0.15) is 0 Å². The quantitative estimate of drug-likeness (QED) is 0.414. The minimum Gasteiger partial charge on any atom is -0.312 e. The summed E-state index contributed by atoms with van der Waals surface area (Å²) in [6.45, 7) is 1.02. The first-order chi connectivity index (χ1) is 14.9. The van der Waals surface area contributed by atoms with Crippen molar-refractivity contribution in [2.75, 3.05) is 0 Å². The fraction of sp³-hybridized carbons (Fsp3) is 1.00. The molecule has 5 rings (SSSR count). The van der Waals surface area contributed by atoms with E-state index in [1.807, 2.05) is 0 Å². The molecule has 3 saturated carbocycles. The van der Waals surface area contributed by atoms with Crippen molar-refractivity contribution in [2.24, 2.45) is 0 Å². The summed E-state index contributed by atoms with van der Waals surface area (Å²) in [6, 6.07) is 3.28. The molecule has 0 amide bonds. The van der Waals surface area contributed by atoms with Crippen LogP contribution < -0.4 is 10.6 Å². The molecule has 2 aliphatic heterocycles. The first-order valence-electron chi connectivity index (χ1n) is 14.4. The highest BCUT2D eigenvalue weighted by Crippen LogP contribution is 2.52. The molecular weight excluding hydrogens is 363 g/mol. The predicted molar refractivity (Wildman–Crippen MR) is 131 cm³/mol. The molecule has 7 atom stereocenters. The Kier molecular flexibility index (Phi) is 7.80. The van der Waals surface area contributed by atoms with E-state index in [-0.39, 0.29) is 0 Å². The van der Waals surface area contributed by atoms with Crippen LogP contribution in [0.25, 0.3) is 0 Å². The number of fused-ring (bicyclic) bond motifs is 4. The van der Waals surface area contributed by atoms with Crippen LogP contribution in [0.2, 0.25) is 17.5 Å². The van der Waals surface area contributed by atoms with Crippen LogP contribution in [0.5, 0.6) is 0 Å². The smallest absolute Gasteiger partial charge is 0.156 e. The highest BCUT2D eigenvalue weighted by atomic mass is 15.0. The first kappa shape index (κ1) is 21.8. The van der Waals surface area contributed by atoms with Crippen molar-refractivity contribution in [3.8, 4) is 0 Å². The summed E-state index contributed by atoms with van der Waals surface area (Å²) >= 11 is 0. The summed E-state index contributed by atoms with van der Waals surface area (Å²) in [5.41, 5.74) is 0. The van der Waals surface area contributed by atoms with Gasteiger partial charge in [-0.2, -0.15) is 0 Å². The summed E-state index contributed by atoms with van der Waals surface area (Å²) in [4.78, 5) is 0. The normalized spacial score (nSPS) is 44.0. The molecule has 0 aromatic rings. The molecule has 2 saturated heterocycles. The first-order valence-corrected chi connectivity index (χ1v) is 14.4. The Labute approximate surface area is 187 Å². The van der Waals surface area contributed by atoms with Crippen LogP contribution in [-0.4, -0.2) is 30.9 Å². The zero-order chi connectivity index (χ0) is 20.2. The third kappa shape index (κ3) is 4.83. The van der Waals surface area contributed by atoms with E-state index >= 15 is 0 Å². The van der Waals surface area contributed by atoms with Gasteiger partial charge < -0.3 is 10.6 Å². The van der Waals surface area contributed by atoms with Gasteiger partial charge in [0.2, 0.25) is 0 Å². The number of nitrogens with one attached hydrogen (secondary N) is 2. The number of hydrogen-bond acceptors (Lipinski definition) is 2. The summed E-state index contributed by atoms with van der Waals surface area (Å²) < 4.78 is 0. The van der Waals surface area contributed by atoms with Crippen molar-refractivity contribution < 1.29 is 0 Å². The van der Waals surface area contributed by atoms with Crippen molar-refractivity contribution in [1.29, 1.82) is 0 Å². The zero-order valence-electron chi connectivity index (χ0n) is 19.8. The predicted octanol–water partition coefficient (Wildman–Crippen LogP) is 7.12. The summed E-state index contributed by atoms with van der Waals surface area (Å²) in [5, 5.41) is 8.75. The molecule has 0 bridgehead atoms. The third-order valence-electron chi connectivity index (χ3n) is 10.1. The lowest BCUT2D eigenvalue weighted by Gasteiger charge is -2.58. The molecule has 30 heavy (non-hydrogen) atoms. The van der Waals surface area contributed by atoms with E-state index in [2.05, 4.69) is 10.6 Å². The van der Waals surface area contributed by atoms with Gasteiger partial charge >= 0.3 is 0 Å². The molecule has 5 fully saturated rings. The van der Waals surface area contributed by atoms with E-state index in [0.717, 1.165) is 48.3 Å². The topological polar surface area (TPSA) is 24.1 Å². The van der Waals surface area contributed by atoms with E-state index in [0.29, 0.717) is 0 Å². The van der Waals surface area contributed by atoms with Crippen LogP contribution in [0.3, 0.4) is 0 Å². The third-order valence-corrected chi connectivity index (χ3v) is 10.1. The van der Waals surface area contributed by atoms with Crippen LogP contribution in [0.15, 0.2) is 0 Å². The largest absolute Gasteiger partial charge is 0.312 e. The minimum absolute atomic E-state index is 0.805. The zero-order valence-corrected chi connectivity index (χ0v) is 19.8. The average Bonchev–Trinajstić information content (AvgIpc) is 2.85. The maximum Gasteiger partial charge on any atom is 0.156 e. The SMILES string of the molecule is C1CCCC2NC3CCCCCCCC3B3C4CCCCCCC4NC(CCC1)C32. The van der Waals surface area contributed by atoms with E-state index < -0.39 is 0 Å². The van der Waals surface area contributed by atoms with Gasteiger partial charge in [0, 0.05) is 24.2 Å². The van der Waals surface area contributed by atoms with E-state index in [4.69, 9.17) is 0 Å². The van der Waals surface area contributed by atoms with Crippen molar-refractivity contribution >= 4 is 6.71 Å². The van der Waals surface area contributed by atoms with Gasteiger partial charge in [0.05, 0.1) is 0 Å². The molecule has 2 heterocycles. The molecule has 3 heteroatoms. The summed E-state index contributed by atoms with van der Waals surface area (Å²) in [5.74, 6) is 2.88. The lowest BCUT2D eigenvalue weighted by molar-refractivity contribution is 0.217. The van der Waals surface area contributed by atoms with Crippen LogP contribution in [0.4, 0.5) is 0 Å². The van der Waals surface area contributed by atoms with Gasteiger partial charge in [-0.05, 0) is 43.1 Å². The average molecular weight is 413 g/mol. The summed E-state index contributed by atoms with van der Waals surface area (Å²) in [7, 11) is 0. The van der Waals surface area contributed by atoms with Crippen LogP contribution >= 0.6 is 0 Å².